The van der Waals surface area contributed by atoms with E-state index >= 15 is 0 Å². The van der Waals surface area contributed by atoms with Gasteiger partial charge >= 0.3 is 0 Å². The smallest absolute Gasteiger partial charge is 0.141 e. The number of nitrogens with zero attached hydrogens (tertiary/aromatic N) is 2. The fourth-order valence-corrected chi connectivity index (χ4v) is 3.52. The summed E-state index contributed by atoms with van der Waals surface area (Å²) in [5.41, 5.74) is 2.22. The number of aliphatic hydroxyl groups excluding tert-OH is 1. The number of pyridine rings is 1. The van der Waals surface area contributed by atoms with Gasteiger partial charge in [0.1, 0.15) is 5.75 Å². The van der Waals surface area contributed by atoms with Crippen molar-refractivity contribution in [3.05, 3.63) is 23.0 Å². The molecule has 2 saturated heterocycles. The van der Waals surface area contributed by atoms with E-state index in [-0.39, 0.29) is 12.4 Å². The van der Waals surface area contributed by atoms with Crippen molar-refractivity contribution >= 4 is 0 Å². The van der Waals surface area contributed by atoms with Crippen LogP contribution in [0.3, 0.4) is 0 Å². The van der Waals surface area contributed by atoms with Gasteiger partial charge in [-0.2, -0.15) is 0 Å². The van der Waals surface area contributed by atoms with E-state index in [2.05, 4.69) is 15.2 Å². The van der Waals surface area contributed by atoms with Crippen LogP contribution < -0.4 is 5.32 Å². The maximum Gasteiger partial charge on any atom is 0.141 e. The first kappa shape index (κ1) is 13.8. The summed E-state index contributed by atoms with van der Waals surface area (Å²) in [6, 6.07) is 1.14. The van der Waals surface area contributed by atoms with Crippen LogP contribution in [0, 0.1) is 6.92 Å². The van der Waals surface area contributed by atoms with E-state index in [1.165, 1.54) is 12.8 Å². The standard InChI is InChI=1S/C15H23N3O2/c1-10-15(20)14(11(9-19)6-17-10)8-18-12-2-3-13(18)7-16-5-4-12/h6,12-13,16,19-20H,2-5,7-9H2,1H3/t12-,13+/m0/s1. The number of hydrogen-bond acceptors (Lipinski definition) is 5. The van der Waals surface area contributed by atoms with Gasteiger partial charge in [-0.15, -0.1) is 0 Å². The highest BCUT2D eigenvalue weighted by Gasteiger charge is 2.35. The normalized spacial score (nSPS) is 26.7. The molecule has 0 unspecified atom stereocenters. The third-order valence-corrected chi connectivity index (χ3v) is 4.75. The van der Waals surface area contributed by atoms with Crippen LogP contribution in [0.15, 0.2) is 6.20 Å². The highest BCUT2D eigenvalue weighted by Crippen LogP contribution is 2.33. The summed E-state index contributed by atoms with van der Waals surface area (Å²) >= 11 is 0. The second kappa shape index (κ2) is 5.68. The zero-order valence-electron chi connectivity index (χ0n) is 12.0. The van der Waals surface area contributed by atoms with Crippen molar-refractivity contribution < 1.29 is 10.2 Å². The summed E-state index contributed by atoms with van der Waals surface area (Å²) in [5, 5.41) is 23.3. The zero-order valence-corrected chi connectivity index (χ0v) is 12.0. The fourth-order valence-electron chi connectivity index (χ4n) is 3.52. The number of fused-ring (bicyclic) bond motifs is 2. The fraction of sp³-hybridized carbons (Fsp3) is 0.667. The predicted molar refractivity (Wildman–Crippen MR) is 76.4 cm³/mol. The van der Waals surface area contributed by atoms with E-state index in [1.807, 2.05) is 0 Å². The van der Waals surface area contributed by atoms with Gasteiger partial charge < -0.3 is 15.5 Å². The number of hydrogen-bond donors (Lipinski definition) is 3. The molecular weight excluding hydrogens is 254 g/mol. The van der Waals surface area contributed by atoms with Gasteiger partial charge in [-0.05, 0) is 32.7 Å². The first-order valence-electron chi connectivity index (χ1n) is 7.44. The van der Waals surface area contributed by atoms with Crippen LogP contribution in [0.25, 0.3) is 0 Å². The molecule has 20 heavy (non-hydrogen) atoms. The molecule has 2 aliphatic rings. The largest absolute Gasteiger partial charge is 0.506 e. The molecule has 0 aliphatic carbocycles. The molecule has 2 fully saturated rings. The second-order valence-corrected chi connectivity index (χ2v) is 5.90. The Bertz CT molecular complexity index is 478. The number of nitrogens with one attached hydrogen (secondary N) is 1. The van der Waals surface area contributed by atoms with Gasteiger partial charge in [0.15, 0.2) is 0 Å². The Balaban J connectivity index is 1.89. The van der Waals surface area contributed by atoms with Gasteiger partial charge in [-0.3, -0.25) is 9.88 Å². The Morgan fingerprint density at radius 3 is 2.95 bits per heavy atom. The van der Waals surface area contributed by atoms with Crippen molar-refractivity contribution in [1.29, 1.82) is 0 Å². The highest BCUT2D eigenvalue weighted by molar-refractivity contribution is 5.40. The van der Waals surface area contributed by atoms with Crippen LogP contribution in [0.1, 0.15) is 36.1 Å². The Hall–Kier alpha value is -1.17. The summed E-state index contributed by atoms with van der Waals surface area (Å²) in [6.45, 7) is 4.54. The van der Waals surface area contributed by atoms with Crippen LogP contribution in [0.4, 0.5) is 0 Å². The summed E-state index contributed by atoms with van der Waals surface area (Å²) in [6.07, 6.45) is 5.31. The molecule has 2 atom stereocenters. The van der Waals surface area contributed by atoms with Gasteiger partial charge in [-0.1, -0.05) is 0 Å². The predicted octanol–water partition coefficient (Wildman–Crippen LogP) is 0.914. The lowest BCUT2D eigenvalue weighted by Crippen LogP contribution is -2.37. The lowest BCUT2D eigenvalue weighted by molar-refractivity contribution is 0.188. The van der Waals surface area contributed by atoms with Crippen molar-refractivity contribution in [2.45, 2.75) is 51.4 Å². The number of aromatic hydroxyl groups is 1. The Labute approximate surface area is 119 Å². The maximum absolute atomic E-state index is 10.3. The molecule has 110 valence electrons. The van der Waals surface area contributed by atoms with Crippen molar-refractivity contribution in [1.82, 2.24) is 15.2 Å². The third-order valence-electron chi connectivity index (χ3n) is 4.75. The zero-order chi connectivity index (χ0) is 14.1. The number of aliphatic hydroxyl groups is 1. The van der Waals surface area contributed by atoms with Crippen molar-refractivity contribution in [3.63, 3.8) is 0 Å². The summed E-state index contributed by atoms with van der Waals surface area (Å²) in [4.78, 5) is 6.63. The van der Waals surface area contributed by atoms with Crippen molar-refractivity contribution in [2.24, 2.45) is 0 Å². The van der Waals surface area contributed by atoms with Crippen LogP contribution in [-0.2, 0) is 13.2 Å². The van der Waals surface area contributed by atoms with Gasteiger partial charge in [0.2, 0.25) is 0 Å². The summed E-state index contributed by atoms with van der Waals surface area (Å²) in [5.74, 6) is 0.244. The SMILES string of the molecule is Cc1ncc(CO)c(CN2[C@@H]3CCNC[C@H]2CC3)c1O. The van der Waals surface area contributed by atoms with Gasteiger partial charge in [0.05, 0.1) is 12.3 Å². The van der Waals surface area contributed by atoms with Crippen LogP contribution in [0.2, 0.25) is 0 Å². The number of aromatic nitrogens is 1. The minimum absolute atomic E-state index is 0.0718. The molecule has 3 rings (SSSR count). The van der Waals surface area contributed by atoms with E-state index in [4.69, 9.17) is 0 Å². The highest BCUT2D eigenvalue weighted by atomic mass is 16.3. The molecule has 0 amide bonds. The van der Waals surface area contributed by atoms with Crippen LogP contribution >= 0.6 is 0 Å². The average molecular weight is 277 g/mol. The Morgan fingerprint density at radius 1 is 1.35 bits per heavy atom. The molecule has 0 saturated carbocycles. The molecule has 0 radical (unpaired) electrons. The topological polar surface area (TPSA) is 68.6 Å². The molecule has 2 bridgehead atoms. The minimum atomic E-state index is -0.0718. The molecule has 3 N–H and O–H groups in total. The van der Waals surface area contributed by atoms with E-state index in [0.29, 0.717) is 24.3 Å². The summed E-state index contributed by atoms with van der Waals surface area (Å²) < 4.78 is 0. The second-order valence-electron chi connectivity index (χ2n) is 5.90. The molecule has 0 aromatic carbocycles. The molecule has 5 heteroatoms. The first-order valence-corrected chi connectivity index (χ1v) is 7.44. The molecule has 3 heterocycles. The maximum atomic E-state index is 10.3. The van der Waals surface area contributed by atoms with E-state index in [9.17, 15) is 10.2 Å². The quantitative estimate of drug-likeness (QED) is 0.766. The number of rotatable bonds is 3. The van der Waals surface area contributed by atoms with Crippen LogP contribution in [-0.4, -0.2) is 45.3 Å². The third kappa shape index (κ3) is 2.41. The monoisotopic (exact) mass is 277 g/mol. The molecule has 1 aromatic rings. The van der Waals surface area contributed by atoms with Gasteiger partial charge in [0, 0.05) is 42.5 Å². The van der Waals surface area contributed by atoms with Gasteiger partial charge in [0.25, 0.3) is 0 Å². The lowest BCUT2D eigenvalue weighted by atomic mass is 10.1. The first-order chi connectivity index (χ1) is 9.70. The molecule has 2 aliphatic heterocycles. The van der Waals surface area contributed by atoms with Crippen molar-refractivity contribution in [3.8, 4) is 5.75 Å². The van der Waals surface area contributed by atoms with E-state index in [0.717, 1.165) is 30.6 Å². The van der Waals surface area contributed by atoms with Crippen LogP contribution in [0.5, 0.6) is 5.75 Å². The summed E-state index contributed by atoms with van der Waals surface area (Å²) in [7, 11) is 0. The Kier molecular flexibility index (Phi) is 3.92. The number of aryl methyl sites for hydroxylation is 1. The average Bonchev–Trinajstić information content (AvgIpc) is 2.68. The van der Waals surface area contributed by atoms with E-state index in [1.54, 1.807) is 13.1 Å². The molecule has 5 nitrogen and oxygen atoms in total. The minimum Gasteiger partial charge on any atom is -0.506 e. The molecular formula is C15H23N3O2. The molecule has 0 spiro atoms. The van der Waals surface area contributed by atoms with Gasteiger partial charge in [-0.25, -0.2) is 0 Å². The van der Waals surface area contributed by atoms with E-state index < -0.39 is 0 Å². The lowest BCUT2D eigenvalue weighted by Gasteiger charge is -2.28. The molecule has 1 aromatic heterocycles. The van der Waals surface area contributed by atoms with Crippen molar-refractivity contribution in [2.75, 3.05) is 13.1 Å². The Morgan fingerprint density at radius 2 is 2.15 bits per heavy atom.